The van der Waals surface area contributed by atoms with Crippen LogP contribution in [0.5, 0.6) is 0 Å². The number of rotatable bonds is 4. The lowest BCUT2D eigenvalue weighted by molar-refractivity contribution is 0.102. The summed E-state index contributed by atoms with van der Waals surface area (Å²) in [6.07, 6.45) is 0.982. The molecule has 0 aromatic carbocycles. The molecule has 1 amide bonds. The molecule has 0 unspecified atom stereocenters. The Morgan fingerprint density at radius 3 is 2.55 bits per heavy atom. The van der Waals surface area contributed by atoms with Gasteiger partial charge in [0.25, 0.3) is 5.91 Å². The maximum atomic E-state index is 11.8. The zero-order valence-electron chi connectivity index (χ0n) is 9.77. The summed E-state index contributed by atoms with van der Waals surface area (Å²) in [5.74, 6) is -0.527. The Hall–Kier alpha value is -1.36. The second kappa shape index (κ2) is 5.56. The minimum absolute atomic E-state index is 0.0466. The normalized spacial score (nSPS) is 11.3. The molecule has 0 aliphatic carbocycles. The number of carbonyl (C=O) groups excluding carboxylic acids is 1. The third-order valence-corrected chi connectivity index (χ3v) is 4.03. The van der Waals surface area contributed by atoms with Gasteiger partial charge < -0.3 is 4.98 Å². The van der Waals surface area contributed by atoms with Gasteiger partial charge in [0.2, 0.25) is 20.3 Å². The second-order valence-corrected chi connectivity index (χ2v) is 7.10. The predicted molar refractivity (Wildman–Crippen MR) is 77.1 cm³/mol. The van der Waals surface area contributed by atoms with Crippen LogP contribution in [-0.2, 0) is 10.0 Å². The standard InChI is InChI=1S/C8H7Cl2N5O3S2/c1-20(17,18)15-8-14-13-7(19-8)12-6(16)4-2-3(9)5(10)11-4/h2,11H,1H3,(H,14,15)(H,12,13,16). The van der Waals surface area contributed by atoms with Gasteiger partial charge >= 0.3 is 0 Å². The van der Waals surface area contributed by atoms with Crippen LogP contribution in [0.15, 0.2) is 6.07 Å². The van der Waals surface area contributed by atoms with E-state index in [9.17, 15) is 13.2 Å². The van der Waals surface area contributed by atoms with Crippen molar-refractivity contribution in [2.45, 2.75) is 0 Å². The maximum absolute atomic E-state index is 11.8. The summed E-state index contributed by atoms with van der Waals surface area (Å²) in [6, 6.07) is 1.36. The molecule has 0 radical (unpaired) electrons. The molecule has 0 fully saturated rings. The summed E-state index contributed by atoms with van der Waals surface area (Å²) >= 11 is 12.3. The molecule has 108 valence electrons. The van der Waals surface area contributed by atoms with E-state index in [1.54, 1.807) is 0 Å². The van der Waals surface area contributed by atoms with E-state index >= 15 is 0 Å². The number of halogens is 2. The lowest BCUT2D eigenvalue weighted by atomic mass is 10.4. The van der Waals surface area contributed by atoms with Crippen molar-refractivity contribution < 1.29 is 13.2 Å². The number of nitrogens with one attached hydrogen (secondary N) is 3. The van der Waals surface area contributed by atoms with Gasteiger partial charge in [0.1, 0.15) is 10.8 Å². The summed E-state index contributed by atoms with van der Waals surface area (Å²) in [5, 5.41) is 10.2. The number of nitrogens with zero attached hydrogens (tertiary/aromatic N) is 2. The third-order valence-electron chi connectivity index (χ3n) is 1.89. The topological polar surface area (TPSA) is 117 Å². The third kappa shape index (κ3) is 3.82. The van der Waals surface area contributed by atoms with Crippen LogP contribution in [0, 0.1) is 0 Å². The summed E-state index contributed by atoms with van der Waals surface area (Å²) in [7, 11) is -3.44. The van der Waals surface area contributed by atoms with Gasteiger partial charge in [0, 0.05) is 0 Å². The van der Waals surface area contributed by atoms with Crippen molar-refractivity contribution in [2.75, 3.05) is 16.3 Å². The van der Waals surface area contributed by atoms with Crippen LogP contribution in [0.3, 0.4) is 0 Å². The Kier molecular flexibility index (Phi) is 4.18. The van der Waals surface area contributed by atoms with Crippen molar-refractivity contribution in [3.05, 3.63) is 21.9 Å². The lowest BCUT2D eigenvalue weighted by Crippen LogP contribution is -2.11. The van der Waals surface area contributed by atoms with Crippen LogP contribution in [0.25, 0.3) is 0 Å². The van der Waals surface area contributed by atoms with Gasteiger partial charge in [-0.25, -0.2) is 8.42 Å². The molecule has 12 heteroatoms. The Morgan fingerprint density at radius 1 is 1.35 bits per heavy atom. The van der Waals surface area contributed by atoms with E-state index in [2.05, 4.69) is 25.2 Å². The summed E-state index contributed by atoms with van der Waals surface area (Å²) in [5.41, 5.74) is 0.146. The number of carbonyl (C=O) groups is 1. The van der Waals surface area contributed by atoms with Crippen molar-refractivity contribution >= 4 is 60.7 Å². The first-order valence-electron chi connectivity index (χ1n) is 4.91. The van der Waals surface area contributed by atoms with Gasteiger partial charge in [0.05, 0.1) is 11.3 Å². The monoisotopic (exact) mass is 355 g/mol. The summed E-state index contributed by atoms with van der Waals surface area (Å²) < 4.78 is 24.1. The minimum Gasteiger partial charge on any atom is -0.340 e. The molecule has 2 aromatic rings. The SMILES string of the molecule is CS(=O)(=O)Nc1nnc(NC(=O)c2cc(Cl)c(Cl)[nH]2)s1. The molecular formula is C8H7Cl2N5O3S2. The molecule has 8 nitrogen and oxygen atoms in total. The minimum atomic E-state index is -3.44. The van der Waals surface area contributed by atoms with E-state index in [-0.39, 0.29) is 26.1 Å². The Labute approximate surface area is 127 Å². The fourth-order valence-electron chi connectivity index (χ4n) is 1.16. The van der Waals surface area contributed by atoms with Crippen molar-refractivity contribution in [2.24, 2.45) is 0 Å². The molecule has 0 aliphatic rings. The number of amides is 1. The van der Waals surface area contributed by atoms with E-state index in [0.717, 1.165) is 17.6 Å². The Morgan fingerprint density at radius 2 is 2.00 bits per heavy atom. The van der Waals surface area contributed by atoms with Crippen LogP contribution in [0.4, 0.5) is 10.3 Å². The quantitative estimate of drug-likeness (QED) is 0.772. The van der Waals surface area contributed by atoms with Crippen LogP contribution in [0.1, 0.15) is 10.5 Å². The van der Waals surface area contributed by atoms with Crippen LogP contribution in [-0.4, -0.2) is 35.8 Å². The van der Waals surface area contributed by atoms with E-state index < -0.39 is 15.9 Å². The van der Waals surface area contributed by atoms with Crippen LogP contribution >= 0.6 is 34.5 Å². The van der Waals surface area contributed by atoms with Gasteiger partial charge in [0.15, 0.2) is 0 Å². The Balaban J connectivity index is 2.09. The van der Waals surface area contributed by atoms with Gasteiger partial charge in [-0.3, -0.25) is 14.8 Å². The molecule has 3 N–H and O–H groups in total. The van der Waals surface area contributed by atoms with Crippen LogP contribution in [0.2, 0.25) is 10.2 Å². The first-order chi connectivity index (χ1) is 9.24. The van der Waals surface area contributed by atoms with Crippen molar-refractivity contribution in [3.63, 3.8) is 0 Å². The molecule has 2 aromatic heterocycles. The largest absolute Gasteiger partial charge is 0.340 e. The molecule has 2 rings (SSSR count). The molecule has 0 spiro atoms. The number of hydrogen-bond donors (Lipinski definition) is 3. The molecule has 0 aliphatic heterocycles. The average molecular weight is 356 g/mol. The number of aromatic nitrogens is 3. The molecule has 0 bridgehead atoms. The fourth-order valence-corrected chi connectivity index (χ4v) is 2.95. The molecule has 0 atom stereocenters. The molecule has 0 saturated carbocycles. The molecular weight excluding hydrogens is 349 g/mol. The zero-order valence-corrected chi connectivity index (χ0v) is 12.9. The molecule has 0 saturated heterocycles. The first-order valence-corrected chi connectivity index (χ1v) is 8.37. The van der Waals surface area contributed by atoms with E-state index in [0.29, 0.717) is 0 Å². The number of aromatic amines is 1. The smallest absolute Gasteiger partial charge is 0.273 e. The first kappa shape index (κ1) is 15.0. The number of H-pyrrole nitrogens is 1. The summed E-state index contributed by atoms with van der Waals surface area (Å²) in [6.45, 7) is 0. The fraction of sp³-hybridized carbons (Fsp3) is 0.125. The molecule has 20 heavy (non-hydrogen) atoms. The van der Waals surface area contributed by atoms with Crippen molar-refractivity contribution in [1.29, 1.82) is 0 Å². The van der Waals surface area contributed by atoms with E-state index in [1.165, 1.54) is 6.07 Å². The van der Waals surface area contributed by atoms with Gasteiger partial charge in [-0.1, -0.05) is 34.5 Å². The highest BCUT2D eigenvalue weighted by atomic mass is 35.5. The van der Waals surface area contributed by atoms with Gasteiger partial charge in [-0.2, -0.15) is 0 Å². The number of anilines is 2. The van der Waals surface area contributed by atoms with E-state index in [1.807, 2.05) is 0 Å². The number of sulfonamides is 1. The lowest BCUT2D eigenvalue weighted by Gasteiger charge is -1.97. The van der Waals surface area contributed by atoms with Gasteiger partial charge in [-0.05, 0) is 6.07 Å². The highest BCUT2D eigenvalue weighted by Gasteiger charge is 2.15. The van der Waals surface area contributed by atoms with Gasteiger partial charge in [-0.15, -0.1) is 10.2 Å². The molecule has 2 heterocycles. The van der Waals surface area contributed by atoms with E-state index in [4.69, 9.17) is 23.2 Å². The highest BCUT2D eigenvalue weighted by molar-refractivity contribution is 7.92. The highest BCUT2D eigenvalue weighted by Crippen LogP contribution is 2.24. The average Bonchev–Trinajstić information content (AvgIpc) is 2.85. The van der Waals surface area contributed by atoms with Crippen molar-refractivity contribution in [3.8, 4) is 0 Å². The summed E-state index contributed by atoms with van der Waals surface area (Å²) in [4.78, 5) is 14.4. The Bertz CT molecular complexity index is 735. The number of hydrogen-bond acceptors (Lipinski definition) is 6. The van der Waals surface area contributed by atoms with Crippen LogP contribution < -0.4 is 10.0 Å². The maximum Gasteiger partial charge on any atom is 0.273 e. The second-order valence-electron chi connectivity index (χ2n) is 3.59. The van der Waals surface area contributed by atoms with Crippen molar-refractivity contribution in [1.82, 2.24) is 15.2 Å². The zero-order chi connectivity index (χ0) is 14.9. The predicted octanol–water partition coefficient (Wildman–Crippen LogP) is 1.80.